The minimum atomic E-state index is -0.810. The maximum Gasteiger partial charge on any atom is 0.171 e. The third-order valence-electron chi connectivity index (χ3n) is 5.06. The third-order valence-corrected chi connectivity index (χ3v) is 6.14. The number of thioether (sulfide) groups is 1. The molecule has 156 valence electrons. The van der Waals surface area contributed by atoms with E-state index >= 15 is 0 Å². The van der Waals surface area contributed by atoms with Crippen LogP contribution in [0.25, 0.3) is 6.08 Å². The van der Waals surface area contributed by atoms with Gasteiger partial charge < -0.3 is 14.6 Å². The standard InChI is InChI=1S/C25H22N2O3S/c28-24-23(16-19-11-12-21-22(15-19)30-14-13-29-21)31-25(26-17-18-7-3-1-4-8-18)27(24)20-9-5-2-6-10-20/h1-12,15-16,24,28H,13-14,17H2/b23-16-,26-25?. The molecule has 5 nitrogen and oxygen atoms in total. The first-order valence-electron chi connectivity index (χ1n) is 10.2. The van der Waals surface area contributed by atoms with Crippen molar-refractivity contribution < 1.29 is 14.6 Å². The van der Waals surface area contributed by atoms with E-state index in [0.717, 1.165) is 38.4 Å². The van der Waals surface area contributed by atoms with Crippen molar-refractivity contribution in [3.05, 3.63) is 94.9 Å². The van der Waals surface area contributed by atoms with Gasteiger partial charge >= 0.3 is 0 Å². The lowest BCUT2D eigenvalue weighted by Gasteiger charge is -2.22. The van der Waals surface area contributed by atoms with Crippen molar-refractivity contribution in [2.45, 2.75) is 12.8 Å². The zero-order valence-corrected chi connectivity index (χ0v) is 17.7. The van der Waals surface area contributed by atoms with Crippen LogP contribution in [-0.4, -0.2) is 29.7 Å². The van der Waals surface area contributed by atoms with Gasteiger partial charge in [-0.1, -0.05) is 66.4 Å². The summed E-state index contributed by atoms with van der Waals surface area (Å²) in [6.07, 6.45) is 1.17. The van der Waals surface area contributed by atoms with Crippen LogP contribution in [-0.2, 0) is 6.54 Å². The Morgan fingerprint density at radius 2 is 1.65 bits per heavy atom. The van der Waals surface area contributed by atoms with Crippen molar-refractivity contribution >= 4 is 28.7 Å². The summed E-state index contributed by atoms with van der Waals surface area (Å²) in [5.74, 6) is 1.49. The Morgan fingerprint density at radius 1 is 0.935 bits per heavy atom. The van der Waals surface area contributed by atoms with E-state index in [4.69, 9.17) is 14.5 Å². The van der Waals surface area contributed by atoms with Crippen LogP contribution in [0, 0.1) is 0 Å². The lowest BCUT2D eigenvalue weighted by Crippen LogP contribution is -2.33. The Balaban J connectivity index is 1.47. The third kappa shape index (κ3) is 4.31. The molecule has 0 bridgehead atoms. The van der Waals surface area contributed by atoms with Gasteiger partial charge in [-0.25, -0.2) is 0 Å². The second-order valence-electron chi connectivity index (χ2n) is 7.22. The van der Waals surface area contributed by atoms with Crippen molar-refractivity contribution in [3.63, 3.8) is 0 Å². The van der Waals surface area contributed by atoms with Crippen LogP contribution in [0.5, 0.6) is 11.5 Å². The predicted molar refractivity (Wildman–Crippen MR) is 126 cm³/mol. The lowest BCUT2D eigenvalue weighted by molar-refractivity contribution is 0.171. The Kier molecular flexibility index (Phi) is 5.65. The first-order valence-corrected chi connectivity index (χ1v) is 11.0. The summed E-state index contributed by atoms with van der Waals surface area (Å²) in [6, 6.07) is 25.8. The van der Waals surface area contributed by atoms with Gasteiger partial charge in [0, 0.05) is 10.6 Å². The molecule has 3 aromatic carbocycles. The summed E-state index contributed by atoms with van der Waals surface area (Å²) in [5.41, 5.74) is 2.98. The topological polar surface area (TPSA) is 54.3 Å². The molecule has 2 heterocycles. The number of aliphatic hydroxyl groups is 1. The molecular weight excluding hydrogens is 408 g/mol. The van der Waals surface area contributed by atoms with Gasteiger partial charge in [-0.2, -0.15) is 0 Å². The molecule has 0 radical (unpaired) electrons. The van der Waals surface area contributed by atoms with E-state index in [9.17, 15) is 5.11 Å². The second kappa shape index (κ2) is 8.88. The summed E-state index contributed by atoms with van der Waals surface area (Å²) in [5, 5.41) is 11.9. The van der Waals surface area contributed by atoms with Gasteiger partial charge in [-0.05, 0) is 41.5 Å². The summed E-state index contributed by atoms with van der Waals surface area (Å²) in [4.78, 5) is 7.51. The van der Waals surface area contributed by atoms with E-state index < -0.39 is 6.23 Å². The van der Waals surface area contributed by atoms with E-state index in [1.165, 1.54) is 11.8 Å². The van der Waals surface area contributed by atoms with Crippen LogP contribution < -0.4 is 14.4 Å². The number of benzene rings is 3. The smallest absolute Gasteiger partial charge is 0.171 e. The maximum absolute atomic E-state index is 11.2. The van der Waals surface area contributed by atoms with Gasteiger partial charge in [0.05, 0.1) is 6.54 Å². The van der Waals surface area contributed by atoms with Crippen molar-refractivity contribution in [3.8, 4) is 11.5 Å². The van der Waals surface area contributed by atoms with E-state index in [-0.39, 0.29) is 0 Å². The Bertz CT molecular complexity index is 1120. The van der Waals surface area contributed by atoms with Gasteiger partial charge in [-0.3, -0.25) is 9.89 Å². The molecule has 2 aliphatic heterocycles. The van der Waals surface area contributed by atoms with Gasteiger partial charge in [-0.15, -0.1) is 0 Å². The molecule has 3 aromatic rings. The average molecular weight is 431 g/mol. The quantitative estimate of drug-likeness (QED) is 0.636. The second-order valence-corrected chi connectivity index (χ2v) is 8.26. The van der Waals surface area contributed by atoms with E-state index in [0.29, 0.717) is 19.8 Å². The lowest BCUT2D eigenvalue weighted by atomic mass is 10.1. The number of aliphatic hydroxyl groups excluding tert-OH is 1. The zero-order valence-electron chi connectivity index (χ0n) is 16.8. The molecule has 5 rings (SSSR count). The average Bonchev–Trinajstić information content (AvgIpc) is 3.13. The highest BCUT2D eigenvalue weighted by molar-refractivity contribution is 8.18. The summed E-state index contributed by atoms with van der Waals surface area (Å²) in [6.45, 7) is 1.66. The fourth-order valence-corrected chi connectivity index (χ4v) is 4.60. The number of para-hydroxylation sites is 1. The highest BCUT2D eigenvalue weighted by atomic mass is 32.2. The van der Waals surface area contributed by atoms with Crippen LogP contribution >= 0.6 is 11.8 Å². The van der Waals surface area contributed by atoms with E-state index in [1.807, 2.05) is 77.7 Å². The van der Waals surface area contributed by atoms with E-state index in [1.54, 1.807) is 0 Å². The summed E-state index contributed by atoms with van der Waals surface area (Å²) < 4.78 is 11.3. The van der Waals surface area contributed by atoms with Crippen molar-refractivity contribution in [2.75, 3.05) is 18.1 Å². The Hall–Kier alpha value is -3.22. The number of fused-ring (bicyclic) bond motifs is 1. The number of anilines is 1. The minimum absolute atomic E-state index is 0.544. The highest BCUT2D eigenvalue weighted by Crippen LogP contribution is 2.40. The number of hydrogen-bond acceptors (Lipinski definition) is 5. The number of rotatable bonds is 4. The molecule has 1 atom stereocenters. The van der Waals surface area contributed by atoms with Crippen LogP contribution in [0.3, 0.4) is 0 Å². The van der Waals surface area contributed by atoms with Crippen molar-refractivity contribution in [2.24, 2.45) is 4.99 Å². The Labute approximate surface area is 185 Å². The summed E-state index contributed by atoms with van der Waals surface area (Å²) >= 11 is 1.49. The normalized spacial score (nSPS) is 20.4. The predicted octanol–water partition coefficient (Wildman–Crippen LogP) is 4.93. The molecule has 2 aliphatic rings. The van der Waals surface area contributed by atoms with Crippen LogP contribution in [0.15, 0.2) is 88.8 Å². The largest absolute Gasteiger partial charge is 0.486 e. The van der Waals surface area contributed by atoms with Crippen molar-refractivity contribution in [1.82, 2.24) is 0 Å². The zero-order chi connectivity index (χ0) is 21.0. The van der Waals surface area contributed by atoms with Crippen LogP contribution in [0.1, 0.15) is 11.1 Å². The Morgan fingerprint density at radius 3 is 2.42 bits per heavy atom. The SMILES string of the molecule is OC1/C(=C/c2ccc3c(c2)OCCO3)SC(=NCc2ccccc2)N1c1ccccc1. The number of hydrogen-bond donors (Lipinski definition) is 1. The van der Waals surface area contributed by atoms with Gasteiger partial charge in [0.25, 0.3) is 0 Å². The molecule has 31 heavy (non-hydrogen) atoms. The molecule has 0 aromatic heterocycles. The molecule has 0 amide bonds. The van der Waals surface area contributed by atoms with Gasteiger partial charge in [0.2, 0.25) is 0 Å². The first kappa shape index (κ1) is 19.7. The molecule has 1 N–H and O–H groups in total. The van der Waals surface area contributed by atoms with Gasteiger partial charge in [0.1, 0.15) is 13.2 Å². The molecule has 0 saturated carbocycles. The fraction of sp³-hybridized carbons (Fsp3) is 0.160. The maximum atomic E-state index is 11.2. The van der Waals surface area contributed by atoms with Crippen LogP contribution in [0.2, 0.25) is 0 Å². The number of amidine groups is 1. The fourth-order valence-electron chi connectivity index (χ4n) is 3.55. The van der Waals surface area contributed by atoms with E-state index in [2.05, 4.69) is 12.1 Å². The molecule has 1 saturated heterocycles. The molecular formula is C25H22N2O3S. The number of nitrogens with zero attached hydrogens (tertiary/aromatic N) is 2. The summed E-state index contributed by atoms with van der Waals surface area (Å²) in [7, 11) is 0. The molecule has 1 unspecified atom stereocenters. The minimum Gasteiger partial charge on any atom is -0.486 e. The molecule has 0 spiro atoms. The monoisotopic (exact) mass is 430 g/mol. The van der Waals surface area contributed by atoms with Crippen LogP contribution in [0.4, 0.5) is 5.69 Å². The molecule has 6 heteroatoms. The molecule has 1 fully saturated rings. The first-order chi connectivity index (χ1) is 15.3. The van der Waals surface area contributed by atoms with Gasteiger partial charge in [0.15, 0.2) is 22.9 Å². The number of aliphatic imine (C=N–C) groups is 1. The number of ether oxygens (including phenoxy) is 2. The van der Waals surface area contributed by atoms with Crippen molar-refractivity contribution in [1.29, 1.82) is 0 Å². The molecule has 0 aliphatic carbocycles. The highest BCUT2D eigenvalue weighted by Gasteiger charge is 2.34.